The molecule has 0 aliphatic heterocycles. The van der Waals surface area contributed by atoms with E-state index in [9.17, 15) is 0 Å². The van der Waals surface area contributed by atoms with E-state index < -0.39 is 0 Å². The lowest BCUT2D eigenvalue weighted by molar-refractivity contribution is 0.359. The van der Waals surface area contributed by atoms with E-state index in [-0.39, 0.29) is 0 Å². The molecule has 0 spiro atoms. The summed E-state index contributed by atoms with van der Waals surface area (Å²) in [4.78, 5) is 7.71. The molecule has 1 saturated carbocycles. The van der Waals surface area contributed by atoms with Crippen molar-refractivity contribution in [3.8, 4) is 0 Å². The van der Waals surface area contributed by atoms with E-state index in [1.54, 1.807) is 0 Å². The summed E-state index contributed by atoms with van der Waals surface area (Å²) in [7, 11) is 0. The van der Waals surface area contributed by atoms with Gasteiger partial charge < -0.3 is 4.98 Å². The Morgan fingerprint density at radius 1 is 1.53 bits per heavy atom. The van der Waals surface area contributed by atoms with Crippen LogP contribution < -0.4 is 0 Å². The average molecular weight is 247 g/mol. The lowest BCUT2D eigenvalue weighted by Crippen LogP contribution is -2.09. The summed E-state index contributed by atoms with van der Waals surface area (Å²) >= 11 is 5.43. The Hall–Kier alpha value is -1.16. The molecule has 1 unspecified atom stereocenters. The highest BCUT2D eigenvalue weighted by atomic mass is 32.1. The first-order valence-electron chi connectivity index (χ1n) is 6.12. The Balaban J connectivity index is 2.12. The Bertz CT molecular complexity index is 608. The van der Waals surface area contributed by atoms with E-state index >= 15 is 0 Å². The monoisotopic (exact) mass is 247 g/mol. The van der Waals surface area contributed by atoms with Gasteiger partial charge in [-0.2, -0.15) is 0 Å². The highest BCUT2D eigenvalue weighted by molar-refractivity contribution is 7.71. The van der Waals surface area contributed by atoms with Gasteiger partial charge in [-0.3, -0.25) is 4.57 Å². The fourth-order valence-electron chi connectivity index (χ4n) is 2.92. The van der Waals surface area contributed by atoms with Crippen LogP contribution in [0.25, 0.3) is 11.2 Å². The van der Waals surface area contributed by atoms with E-state index in [0.717, 1.165) is 15.9 Å². The summed E-state index contributed by atoms with van der Waals surface area (Å²) in [5.74, 6) is 0. The average Bonchev–Trinajstić information content (AvgIpc) is 2.77. The zero-order valence-electron chi connectivity index (χ0n) is 10.2. The lowest BCUT2D eigenvalue weighted by Gasteiger charge is -2.18. The molecule has 4 heteroatoms. The second-order valence-electron chi connectivity index (χ2n) is 5.74. The number of rotatable bonds is 1. The standard InChI is InChI=1S/C13H17N3S/c1-13(2)6-5-9(8-13)16-11-10(15-12(16)17)4-3-7-14-11/h3-4,7,9H,5-6,8H2,1-2H3,(H,15,17). The van der Waals surface area contributed by atoms with Crippen LogP contribution in [-0.2, 0) is 0 Å². The quantitative estimate of drug-likeness (QED) is 0.777. The van der Waals surface area contributed by atoms with Crippen molar-refractivity contribution in [3.05, 3.63) is 23.1 Å². The summed E-state index contributed by atoms with van der Waals surface area (Å²) in [5.41, 5.74) is 2.47. The predicted octanol–water partition coefficient (Wildman–Crippen LogP) is 3.85. The Kier molecular flexibility index (Phi) is 2.36. The fraction of sp³-hybridized carbons (Fsp3) is 0.538. The van der Waals surface area contributed by atoms with Gasteiger partial charge in [0.15, 0.2) is 10.4 Å². The second kappa shape index (κ2) is 3.67. The van der Waals surface area contributed by atoms with Crippen molar-refractivity contribution >= 4 is 23.4 Å². The maximum absolute atomic E-state index is 5.43. The number of hydrogen-bond donors (Lipinski definition) is 1. The van der Waals surface area contributed by atoms with Gasteiger partial charge in [-0.25, -0.2) is 4.98 Å². The van der Waals surface area contributed by atoms with E-state index in [1.807, 2.05) is 18.3 Å². The summed E-state index contributed by atoms with van der Waals surface area (Å²) in [6.07, 6.45) is 5.48. The van der Waals surface area contributed by atoms with Crippen LogP contribution in [0.3, 0.4) is 0 Å². The minimum atomic E-state index is 0.428. The number of nitrogens with one attached hydrogen (secondary N) is 1. The Morgan fingerprint density at radius 3 is 3.06 bits per heavy atom. The largest absolute Gasteiger partial charge is 0.329 e. The highest BCUT2D eigenvalue weighted by Crippen LogP contribution is 2.44. The van der Waals surface area contributed by atoms with Gasteiger partial charge in [-0.05, 0) is 49.0 Å². The van der Waals surface area contributed by atoms with Gasteiger partial charge in [0.25, 0.3) is 0 Å². The van der Waals surface area contributed by atoms with Crippen LogP contribution in [0.4, 0.5) is 0 Å². The molecule has 0 radical (unpaired) electrons. The van der Waals surface area contributed by atoms with Crippen molar-refractivity contribution in [2.24, 2.45) is 5.41 Å². The molecule has 1 fully saturated rings. The molecule has 0 saturated heterocycles. The van der Waals surface area contributed by atoms with Crippen molar-refractivity contribution < 1.29 is 0 Å². The third kappa shape index (κ3) is 1.80. The molecule has 1 N–H and O–H groups in total. The highest BCUT2D eigenvalue weighted by Gasteiger charge is 2.33. The molecule has 90 valence electrons. The van der Waals surface area contributed by atoms with Gasteiger partial charge >= 0.3 is 0 Å². The minimum absolute atomic E-state index is 0.428. The van der Waals surface area contributed by atoms with Crippen molar-refractivity contribution in [1.29, 1.82) is 0 Å². The fourth-order valence-corrected chi connectivity index (χ4v) is 3.26. The van der Waals surface area contributed by atoms with Crippen LogP contribution >= 0.6 is 12.2 Å². The van der Waals surface area contributed by atoms with Crippen molar-refractivity contribution in [3.63, 3.8) is 0 Å². The number of fused-ring (bicyclic) bond motifs is 1. The SMILES string of the molecule is CC1(C)CCC(n2c(=S)[nH]c3cccnc32)C1. The van der Waals surface area contributed by atoms with Gasteiger partial charge in [0.1, 0.15) is 0 Å². The summed E-state index contributed by atoms with van der Waals surface area (Å²) in [6.45, 7) is 4.66. The van der Waals surface area contributed by atoms with Gasteiger partial charge in [0.2, 0.25) is 0 Å². The molecule has 2 heterocycles. The van der Waals surface area contributed by atoms with Gasteiger partial charge in [0.05, 0.1) is 5.52 Å². The number of aromatic nitrogens is 3. The first-order valence-corrected chi connectivity index (χ1v) is 6.53. The molecule has 1 aliphatic carbocycles. The molecule has 0 aromatic carbocycles. The predicted molar refractivity (Wildman–Crippen MR) is 71.6 cm³/mol. The number of H-pyrrole nitrogens is 1. The number of nitrogens with zero attached hydrogens (tertiary/aromatic N) is 2. The Labute approximate surface area is 106 Å². The Morgan fingerprint density at radius 2 is 2.35 bits per heavy atom. The normalized spacial score (nSPS) is 23.3. The summed E-state index contributed by atoms with van der Waals surface area (Å²) in [5, 5.41) is 0. The summed E-state index contributed by atoms with van der Waals surface area (Å²) in [6, 6.07) is 4.48. The number of hydrogen-bond acceptors (Lipinski definition) is 2. The van der Waals surface area contributed by atoms with Gasteiger partial charge in [-0.15, -0.1) is 0 Å². The molecule has 2 aromatic rings. The van der Waals surface area contributed by atoms with Crippen molar-refractivity contribution in [2.75, 3.05) is 0 Å². The van der Waals surface area contributed by atoms with Crippen LogP contribution in [0, 0.1) is 10.2 Å². The van der Waals surface area contributed by atoms with Crippen molar-refractivity contribution in [2.45, 2.75) is 39.2 Å². The second-order valence-corrected chi connectivity index (χ2v) is 6.12. The third-order valence-electron chi connectivity index (χ3n) is 3.78. The maximum Gasteiger partial charge on any atom is 0.179 e. The zero-order valence-corrected chi connectivity index (χ0v) is 11.0. The molecule has 0 bridgehead atoms. The van der Waals surface area contributed by atoms with Crippen LogP contribution in [0.5, 0.6) is 0 Å². The van der Waals surface area contributed by atoms with Crippen LogP contribution in [0.15, 0.2) is 18.3 Å². The molecule has 3 nitrogen and oxygen atoms in total. The molecule has 1 atom stereocenters. The number of aromatic amines is 1. The third-order valence-corrected chi connectivity index (χ3v) is 4.08. The van der Waals surface area contributed by atoms with E-state index in [1.165, 1.54) is 19.3 Å². The van der Waals surface area contributed by atoms with E-state index in [2.05, 4.69) is 28.4 Å². The molecule has 3 rings (SSSR count). The zero-order chi connectivity index (χ0) is 12.0. The smallest absolute Gasteiger partial charge is 0.179 e. The molecule has 0 amide bonds. The topological polar surface area (TPSA) is 33.6 Å². The molecular weight excluding hydrogens is 230 g/mol. The minimum Gasteiger partial charge on any atom is -0.329 e. The van der Waals surface area contributed by atoms with E-state index in [0.29, 0.717) is 11.5 Å². The molecular formula is C13H17N3S. The van der Waals surface area contributed by atoms with Gasteiger partial charge in [0, 0.05) is 12.2 Å². The van der Waals surface area contributed by atoms with Crippen LogP contribution in [0.1, 0.15) is 39.2 Å². The summed E-state index contributed by atoms with van der Waals surface area (Å²) < 4.78 is 3.01. The first-order chi connectivity index (χ1) is 8.07. The number of imidazole rings is 1. The molecule has 2 aromatic heterocycles. The first kappa shape index (κ1) is 11.0. The molecule has 17 heavy (non-hydrogen) atoms. The van der Waals surface area contributed by atoms with E-state index in [4.69, 9.17) is 12.2 Å². The number of pyridine rings is 1. The lowest BCUT2D eigenvalue weighted by atomic mass is 9.92. The van der Waals surface area contributed by atoms with Gasteiger partial charge in [-0.1, -0.05) is 13.8 Å². The maximum atomic E-state index is 5.43. The molecule has 1 aliphatic rings. The van der Waals surface area contributed by atoms with Crippen molar-refractivity contribution in [1.82, 2.24) is 14.5 Å². The van der Waals surface area contributed by atoms with Crippen LogP contribution in [0.2, 0.25) is 0 Å². The van der Waals surface area contributed by atoms with Crippen LogP contribution in [-0.4, -0.2) is 14.5 Å².